The summed E-state index contributed by atoms with van der Waals surface area (Å²) in [6.45, 7) is 33.9. The fourth-order valence-corrected chi connectivity index (χ4v) is 14.0. The zero-order chi connectivity index (χ0) is 71.7. The Bertz CT molecular complexity index is 1200. The lowest BCUT2D eigenvalue weighted by Crippen LogP contribution is -2.11. The summed E-state index contributed by atoms with van der Waals surface area (Å²) in [5.41, 5.74) is 0. The van der Waals surface area contributed by atoms with Gasteiger partial charge in [-0.1, -0.05) is 457 Å². The minimum absolute atomic E-state index is 0.0375. The highest BCUT2D eigenvalue weighted by molar-refractivity contribution is 4.66. The van der Waals surface area contributed by atoms with Gasteiger partial charge in [-0.15, -0.1) is 0 Å². The van der Waals surface area contributed by atoms with Crippen molar-refractivity contribution < 1.29 is 25.5 Å². The Morgan fingerprint density at radius 1 is 0.137 bits per heavy atom. The lowest BCUT2D eigenvalue weighted by atomic mass is 9.94. The summed E-state index contributed by atoms with van der Waals surface area (Å²) < 4.78 is 0. The van der Waals surface area contributed by atoms with Crippen LogP contribution in [0.5, 0.6) is 0 Å². The number of hydrogen-bond acceptors (Lipinski definition) is 5. The molecule has 0 spiro atoms. The number of hydrogen-bond donors (Lipinski definition) is 5. The molecule has 0 heterocycles. The standard InChI is InChI=1S/5C18H38O/c1-4-6-7-8-9-10-11-15-18(19)16-12-14-17(3)13-5-2;1-4-6-7-8-9-10-11-14-17(3)15-12-16-18(19)13-5-2;1-4-6-7-8-9-10-11-12-13-15-17(3)16-18(19)14-5-2;1-4-6-8-9-10-11-12-13-14-17(3)16-18(19)15-7-5-2;1-4-6-8-9-10-11-12-13-15-18(19)16-17(3)14-7-5-2/h5*17-19H,4-16H2,1-3H3. The van der Waals surface area contributed by atoms with Crippen LogP contribution in [0.2, 0.25) is 0 Å². The molecular weight excluding hydrogens is 1160 g/mol. The van der Waals surface area contributed by atoms with Gasteiger partial charge in [0.1, 0.15) is 0 Å². The fourth-order valence-electron chi connectivity index (χ4n) is 14.0. The molecule has 0 saturated carbocycles. The van der Waals surface area contributed by atoms with E-state index in [1.807, 2.05) is 0 Å². The third kappa shape index (κ3) is 98.0. The van der Waals surface area contributed by atoms with Crippen LogP contribution >= 0.6 is 0 Å². The van der Waals surface area contributed by atoms with Crippen molar-refractivity contribution in [3.05, 3.63) is 0 Å². The molecule has 10 atom stereocenters. The van der Waals surface area contributed by atoms with Gasteiger partial charge < -0.3 is 25.5 Å². The first-order valence-corrected chi connectivity index (χ1v) is 44.4. The Hall–Kier alpha value is -0.200. The fraction of sp³-hybridized carbons (Fsp3) is 1.00. The van der Waals surface area contributed by atoms with Crippen molar-refractivity contribution in [2.24, 2.45) is 29.6 Å². The molecule has 0 amide bonds. The van der Waals surface area contributed by atoms with E-state index in [-0.39, 0.29) is 30.5 Å². The highest BCUT2D eigenvalue weighted by Gasteiger charge is 2.13. The molecule has 580 valence electrons. The molecule has 0 aliphatic heterocycles. The largest absolute Gasteiger partial charge is 0.393 e. The Morgan fingerprint density at radius 2 is 0.305 bits per heavy atom. The van der Waals surface area contributed by atoms with E-state index in [1.165, 1.54) is 340 Å². The lowest BCUT2D eigenvalue weighted by molar-refractivity contribution is 0.130. The van der Waals surface area contributed by atoms with Crippen LogP contribution in [-0.2, 0) is 0 Å². The van der Waals surface area contributed by atoms with Crippen LogP contribution in [0.3, 0.4) is 0 Å². The van der Waals surface area contributed by atoms with Crippen LogP contribution < -0.4 is 0 Å². The molecule has 5 heteroatoms. The van der Waals surface area contributed by atoms with Gasteiger partial charge in [0, 0.05) is 0 Å². The summed E-state index contributed by atoms with van der Waals surface area (Å²) in [5, 5.41) is 49.2. The molecule has 0 rings (SSSR count). The summed E-state index contributed by atoms with van der Waals surface area (Å²) in [6.07, 6.45) is 83.9. The van der Waals surface area contributed by atoms with Crippen molar-refractivity contribution in [3.8, 4) is 0 Å². The van der Waals surface area contributed by atoms with Crippen molar-refractivity contribution in [2.75, 3.05) is 0 Å². The minimum Gasteiger partial charge on any atom is -0.393 e. The molecule has 0 aliphatic carbocycles. The predicted octanol–water partition coefficient (Wildman–Crippen LogP) is 30.5. The molecule has 0 fully saturated rings. The lowest BCUT2D eigenvalue weighted by Gasteiger charge is -2.16. The minimum atomic E-state index is -0.0569. The molecule has 0 bridgehead atoms. The second-order valence-electron chi connectivity index (χ2n) is 32.0. The zero-order valence-electron chi connectivity index (χ0n) is 69.0. The van der Waals surface area contributed by atoms with Crippen LogP contribution in [0.4, 0.5) is 0 Å². The van der Waals surface area contributed by atoms with E-state index in [4.69, 9.17) is 0 Å². The first kappa shape index (κ1) is 103. The Labute approximate surface area is 603 Å². The van der Waals surface area contributed by atoms with Crippen LogP contribution in [0.25, 0.3) is 0 Å². The van der Waals surface area contributed by atoms with Crippen molar-refractivity contribution in [1.29, 1.82) is 0 Å². The molecule has 0 aromatic rings. The van der Waals surface area contributed by atoms with Gasteiger partial charge in [0.15, 0.2) is 0 Å². The maximum absolute atomic E-state index is 9.99. The highest BCUT2D eigenvalue weighted by Crippen LogP contribution is 2.24. The number of unbranched alkanes of at least 4 members (excludes halogenated alkanes) is 36. The average molecular weight is 1350 g/mol. The summed E-state index contributed by atoms with van der Waals surface area (Å²) in [5.74, 6) is 3.79. The maximum atomic E-state index is 9.99. The Morgan fingerprint density at radius 3 is 0.600 bits per heavy atom. The summed E-state index contributed by atoms with van der Waals surface area (Å²) >= 11 is 0. The number of aliphatic hydroxyl groups excluding tert-OH is 5. The van der Waals surface area contributed by atoms with E-state index in [2.05, 4.69) is 104 Å². The monoisotopic (exact) mass is 1350 g/mol. The molecule has 95 heavy (non-hydrogen) atoms. The van der Waals surface area contributed by atoms with Crippen LogP contribution in [-0.4, -0.2) is 56.1 Å². The average Bonchev–Trinajstić information content (AvgIpc) is 3.78. The molecule has 0 saturated heterocycles. The molecule has 5 nitrogen and oxygen atoms in total. The third-order valence-electron chi connectivity index (χ3n) is 20.6. The Kier molecular flexibility index (Phi) is 97.9. The molecule has 0 aromatic heterocycles. The third-order valence-corrected chi connectivity index (χ3v) is 20.6. The summed E-state index contributed by atoms with van der Waals surface area (Å²) in [6, 6.07) is 0. The molecule has 10 unspecified atom stereocenters. The predicted molar refractivity (Wildman–Crippen MR) is 433 cm³/mol. The Balaban J connectivity index is -0.000000355. The maximum Gasteiger partial charge on any atom is 0.0542 e. The molecule has 0 aliphatic rings. The van der Waals surface area contributed by atoms with Crippen LogP contribution in [0.1, 0.15) is 521 Å². The molecule has 5 N–H and O–H groups in total. The van der Waals surface area contributed by atoms with E-state index >= 15 is 0 Å². The molecular formula is C90H190O5. The normalized spacial score (nSPS) is 14.5. The van der Waals surface area contributed by atoms with E-state index < -0.39 is 0 Å². The van der Waals surface area contributed by atoms with E-state index in [0.717, 1.165) is 88.9 Å². The summed E-state index contributed by atoms with van der Waals surface area (Å²) in [4.78, 5) is 0. The van der Waals surface area contributed by atoms with E-state index in [0.29, 0.717) is 17.8 Å². The molecule has 0 aromatic carbocycles. The smallest absolute Gasteiger partial charge is 0.0542 e. The van der Waals surface area contributed by atoms with Gasteiger partial charge in [-0.25, -0.2) is 0 Å². The van der Waals surface area contributed by atoms with E-state index in [1.54, 1.807) is 0 Å². The van der Waals surface area contributed by atoms with Crippen LogP contribution in [0, 0.1) is 29.6 Å². The first-order valence-electron chi connectivity index (χ1n) is 44.4. The van der Waals surface area contributed by atoms with Gasteiger partial charge in [-0.3, -0.25) is 0 Å². The van der Waals surface area contributed by atoms with Crippen molar-refractivity contribution in [2.45, 2.75) is 552 Å². The highest BCUT2D eigenvalue weighted by atomic mass is 16.3. The second kappa shape index (κ2) is 89.9. The van der Waals surface area contributed by atoms with Crippen molar-refractivity contribution in [3.63, 3.8) is 0 Å². The molecule has 0 radical (unpaired) electrons. The van der Waals surface area contributed by atoms with Crippen LogP contribution in [0.15, 0.2) is 0 Å². The second-order valence-corrected chi connectivity index (χ2v) is 32.0. The first-order chi connectivity index (χ1) is 46.0. The quantitative estimate of drug-likeness (QED) is 0.0391. The number of rotatable bonds is 70. The van der Waals surface area contributed by atoms with Gasteiger partial charge in [0.2, 0.25) is 0 Å². The van der Waals surface area contributed by atoms with Crippen molar-refractivity contribution >= 4 is 0 Å². The van der Waals surface area contributed by atoms with Gasteiger partial charge >= 0.3 is 0 Å². The van der Waals surface area contributed by atoms with Gasteiger partial charge in [0.05, 0.1) is 30.5 Å². The zero-order valence-corrected chi connectivity index (χ0v) is 69.0. The SMILES string of the molecule is CCCCCCCCCC(C)CCCC(O)CCC.CCCCCCCCCC(O)CCCC(C)CCC.CCCCCCCCCCC(C)CC(O)CCCC.CCCCCCCCCCC(O)CC(C)CCCC.CCCCCCCCCCCC(C)CC(O)CCC. The summed E-state index contributed by atoms with van der Waals surface area (Å²) in [7, 11) is 0. The van der Waals surface area contributed by atoms with Crippen molar-refractivity contribution in [1.82, 2.24) is 0 Å². The number of aliphatic hydroxyl groups is 5. The topological polar surface area (TPSA) is 101 Å². The van der Waals surface area contributed by atoms with Gasteiger partial charge in [-0.05, 0) is 93.8 Å². The van der Waals surface area contributed by atoms with Gasteiger partial charge in [-0.2, -0.15) is 0 Å². The van der Waals surface area contributed by atoms with Gasteiger partial charge in [0.25, 0.3) is 0 Å². The van der Waals surface area contributed by atoms with E-state index in [9.17, 15) is 25.5 Å².